The van der Waals surface area contributed by atoms with Crippen LogP contribution in [0, 0.1) is 11.8 Å². The second-order valence-electron chi connectivity index (χ2n) is 5.53. The number of aliphatic carboxylic acids is 1. The number of hydrogen-bond acceptors (Lipinski definition) is 5. The molecule has 1 aliphatic rings. The SMILES string of the molecule is CC(OC(=O)OCc1ccccc1)C1C(=O)NC1[C@@H](C)C(=O)O. The smallest absolute Gasteiger partial charge is 0.481 e. The van der Waals surface area contributed by atoms with E-state index >= 15 is 0 Å². The van der Waals surface area contributed by atoms with Crippen LogP contribution in [-0.2, 0) is 25.7 Å². The van der Waals surface area contributed by atoms with Gasteiger partial charge in [-0.3, -0.25) is 9.59 Å². The van der Waals surface area contributed by atoms with Crippen LogP contribution >= 0.6 is 0 Å². The van der Waals surface area contributed by atoms with Gasteiger partial charge in [-0.1, -0.05) is 30.3 Å². The molecule has 23 heavy (non-hydrogen) atoms. The number of carboxylic acid groups (broad SMARTS) is 1. The monoisotopic (exact) mass is 321 g/mol. The van der Waals surface area contributed by atoms with Crippen molar-refractivity contribution in [2.75, 3.05) is 0 Å². The number of carboxylic acids is 1. The number of ether oxygens (including phenoxy) is 2. The van der Waals surface area contributed by atoms with Crippen molar-refractivity contribution in [3.05, 3.63) is 35.9 Å². The molecule has 1 saturated heterocycles. The molecule has 0 radical (unpaired) electrons. The Hall–Kier alpha value is -2.57. The van der Waals surface area contributed by atoms with Gasteiger partial charge in [0.25, 0.3) is 0 Å². The maximum absolute atomic E-state index is 11.7. The Morgan fingerprint density at radius 1 is 1.26 bits per heavy atom. The summed E-state index contributed by atoms with van der Waals surface area (Å²) in [7, 11) is 0. The van der Waals surface area contributed by atoms with E-state index in [0.717, 1.165) is 5.56 Å². The molecule has 1 aromatic carbocycles. The van der Waals surface area contributed by atoms with Crippen molar-refractivity contribution in [3.63, 3.8) is 0 Å². The first-order valence-corrected chi connectivity index (χ1v) is 7.30. The van der Waals surface area contributed by atoms with E-state index in [1.807, 2.05) is 18.2 Å². The van der Waals surface area contributed by atoms with Crippen molar-refractivity contribution in [2.45, 2.75) is 32.6 Å². The standard InChI is InChI=1S/C16H19NO6/c1-9(15(19)20)13-12(14(18)17-13)10(2)23-16(21)22-8-11-6-4-3-5-7-11/h3-7,9-10,12-13H,8H2,1-2H3,(H,17,18)(H,19,20)/t9-,10?,12?,13?/m1/s1. The van der Waals surface area contributed by atoms with Crippen molar-refractivity contribution in [2.24, 2.45) is 11.8 Å². The molecule has 2 N–H and O–H groups in total. The van der Waals surface area contributed by atoms with Crippen molar-refractivity contribution in [1.29, 1.82) is 0 Å². The Balaban J connectivity index is 1.85. The van der Waals surface area contributed by atoms with Crippen LogP contribution in [0.1, 0.15) is 19.4 Å². The Kier molecular flexibility index (Phi) is 5.20. The lowest BCUT2D eigenvalue weighted by molar-refractivity contribution is -0.152. The Bertz CT molecular complexity index is 587. The summed E-state index contributed by atoms with van der Waals surface area (Å²) >= 11 is 0. The minimum Gasteiger partial charge on any atom is -0.481 e. The van der Waals surface area contributed by atoms with Gasteiger partial charge in [0.05, 0.1) is 17.9 Å². The normalized spacial score (nSPS) is 22.3. The zero-order chi connectivity index (χ0) is 17.0. The molecule has 1 fully saturated rings. The van der Waals surface area contributed by atoms with Gasteiger partial charge in [-0.25, -0.2) is 4.79 Å². The number of rotatable bonds is 6. The highest BCUT2D eigenvalue weighted by atomic mass is 16.7. The third-order valence-electron chi connectivity index (χ3n) is 3.91. The Labute approximate surface area is 133 Å². The first kappa shape index (κ1) is 16.8. The van der Waals surface area contributed by atoms with Crippen LogP contribution in [0.4, 0.5) is 4.79 Å². The number of nitrogens with one attached hydrogen (secondary N) is 1. The quantitative estimate of drug-likeness (QED) is 0.609. The number of β-lactam (4-membered cyclic amide) rings is 1. The van der Waals surface area contributed by atoms with E-state index in [2.05, 4.69) is 5.32 Å². The Morgan fingerprint density at radius 2 is 1.91 bits per heavy atom. The molecule has 1 heterocycles. The van der Waals surface area contributed by atoms with Gasteiger partial charge in [-0.15, -0.1) is 0 Å². The summed E-state index contributed by atoms with van der Waals surface area (Å²) in [6.07, 6.45) is -1.65. The molecule has 7 heteroatoms. The zero-order valence-corrected chi connectivity index (χ0v) is 12.9. The lowest BCUT2D eigenvalue weighted by Gasteiger charge is -2.41. The highest BCUT2D eigenvalue weighted by molar-refractivity contribution is 5.89. The predicted molar refractivity (Wildman–Crippen MR) is 79.4 cm³/mol. The lowest BCUT2D eigenvalue weighted by Crippen LogP contribution is -2.65. The third-order valence-corrected chi connectivity index (χ3v) is 3.91. The maximum Gasteiger partial charge on any atom is 0.508 e. The van der Waals surface area contributed by atoms with Gasteiger partial charge in [0.1, 0.15) is 12.7 Å². The average Bonchev–Trinajstić information content (AvgIpc) is 2.50. The molecule has 0 spiro atoms. The highest BCUT2D eigenvalue weighted by Gasteiger charge is 2.49. The molecule has 1 amide bonds. The van der Waals surface area contributed by atoms with Crippen molar-refractivity contribution in [3.8, 4) is 0 Å². The second-order valence-corrected chi connectivity index (χ2v) is 5.53. The third kappa shape index (κ3) is 4.00. The van der Waals surface area contributed by atoms with Crippen LogP contribution in [-0.4, -0.2) is 35.3 Å². The second kappa shape index (κ2) is 7.13. The van der Waals surface area contributed by atoms with Gasteiger partial charge in [0.2, 0.25) is 5.91 Å². The van der Waals surface area contributed by atoms with Crippen molar-refractivity contribution >= 4 is 18.0 Å². The summed E-state index contributed by atoms with van der Waals surface area (Å²) in [5.41, 5.74) is 0.816. The van der Waals surface area contributed by atoms with E-state index in [0.29, 0.717) is 0 Å². The van der Waals surface area contributed by atoms with Gasteiger partial charge in [-0.05, 0) is 19.4 Å². The number of hydrogen-bond donors (Lipinski definition) is 2. The number of carbonyl (C=O) groups excluding carboxylic acids is 2. The molecule has 1 aliphatic heterocycles. The molecule has 0 saturated carbocycles. The average molecular weight is 321 g/mol. The van der Waals surface area contributed by atoms with Crippen LogP contribution in [0.3, 0.4) is 0 Å². The number of amides is 1. The summed E-state index contributed by atoms with van der Waals surface area (Å²) in [4.78, 5) is 34.3. The maximum atomic E-state index is 11.7. The van der Waals surface area contributed by atoms with Crippen LogP contribution in [0.15, 0.2) is 30.3 Å². The lowest BCUT2D eigenvalue weighted by atomic mass is 9.79. The van der Waals surface area contributed by atoms with Crippen LogP contribution < -0.4 is 5.32 Å². The molecule has 2 rings (SSSR count). The molecule has 1 aromatic rings. The van der Waals surface area contributed by atoms with Crippen LogP contribution in [0.5, 0.6) is 0 Å². The van der Waals surface area contributed by atoms with Crippen molar-refractivity contribution in [1.82, 2.24) is 5.32 Å². The molecular formula is C16H19NO6. The summed E-state index contributed by atoms with van der Waals surface area (Å²) < 4.78 is 10.1. The number of carbonyl (C=O) groups is 3. The molecule has 124 valence electrons. The van der Waals surface area contributed by atoms with E-state index in [-0.39, 0.29) is 12.5 Å². The minimum atomic E-state index is -1.01. The van der Waals surface area contributed by atoms with E-state index in [1.165, 1.54) is 6.92 Å². The van der Waals surface area contributed by atoms with Gasteiger partial charge in [0.15, 0.2) is 0 Å². The summed E-state index contributed by atoms with van der Waals surface area (Å²) in [6, 6.07) is 8.55. The van der Waals surface area contributed by atoms with E-state index < -0.39 is 36.1 Å². The predicted octanol–water partition coefficient (Wildman–Crippen LogP) is 1.56. The van der Waals surface area contributed by atoms with Crippen molar-refractivity contribution < 1.29 is 29.0 Å². The summed E-state index contributed by atoms with van der Waals surface area (Å²) in [5.74, 6) is -2.79. The fourth-order valence-corrected chi connectivity index (χ4v) is 2.49. The molecule has 7 nitrogen and oxygen atoms in total. The van der Waals surface area contributed by atoms with Crippen LogP contribution in [0.25, 0.3) is 0 Å². The first-order valence-electron chi connectivity index (χ1n) is 7.30. The molecule has 0 bridgehead atoms. The Morgan fingerprint density at radius 3 is 2.48 bits per heavy atom. The fourth-order valence-electron chi connectivity index (χ4n) is 2.49. The van der Waals surface area contributed by atoms with Gasteiger partial charge in [0, 0.05) is 0 Å². The highest BCUT2D eigenvalue weighted by Crippen LogP contribution is 2.27. The van der Waals surface area contributed by atoms with E-state index in [1.54, 1.807) is 19.1 Å². The summed E-state index contributed by atoms with van der Waals surface area (Å²) in [5, 5.41) is 11.5. The van der Waals surface area contributed by atoms with Gasteiger partial charge < -0.3 is 19.9 Å². The first-order chi connectivity index (χ1) is 10.9. The molecule has 4 atom stereocenters. The minimum absolute atomic E-state index is 0.0677. The van der Waals surface area contributed by atoms with Gasteiger partial charge in [-0.2, -0.15) is 0 Å². The zero-order valence-electron chi connectivity index (χ0n) is 12.9. The van der Waals surface area contributed by atoms with Crippen LogP contribution in [0.2, 0.25) is 0 Å². The molecule has 0 aliphatic carbocycles. The topological polar surface area (TPSA) is 102 Å². The molecule has 3 unspecified atom stereocenters. The van der Waals surface area contributed by atoms with E-state index in [9.17, 15) is 14.4 Å². The number of benzene rings is 1. The van der Waals surface area contributed by atoms with Gasteiger partial charge >= 0.3 is 12.1 Å². The molecule has 0 aromatic heterocycles. The fraction of sp³-hybridized carbons (Fsp3) is 0.438. The summed E-state index contributed by atoms with van der Waals surface area (Å²) in [6.45, 7) is 3.12. The molecular weight excluding hydrogens is 302 g/mol. The largest absolute Gasteiger partial charge is 0.508 e. The van der Waals surface area contributed by atoms with E-state index in [4.69, 9.17) is 14.6 Å².